The molecule has 2 unspecified atom stereocenters. The van der Waals surface area contributed by atoms with E-state index in [1.165, 1.54) is 11.1 Å². The van der Waals surface area contributed by atoms with Crippen LogP contribution in [-0.2, 0) is 11.3 Å². The molecule has 0 aliphatic heterocycles. The number of rotatable bonds is 4. The highest BCUT2D eigenvalue weighted by Gasteiger charge is 2.30. The monoisotopic (exact) mass is 260 g/mol. The maximum absolute atomic E-state index is 12.5. The molecular weight excluding hydrogens is 236 g/mol. The first kappa shape index (κ1) is 14.1. The molecule has 1 saturated carbocycles. The van der Waals surface area contributed by atoms with Crippen LogP contribution in [0.5, 0.6) is 0 Å². The number of carbonyl (C=O) groups is 1. The van der Waals surface area contributed by atoms with Gasteiger partial charge in [-0.3, -0.25) is 4.79 Å². The lowest BCUT2D eigenvalue weighted by atomic mass is 10.1. The first-order valence-electron chi connectivity index (χ1n) is 7.20. The van der Waals surface area contributed by atoms with Gasteiger partial charge in [-0.1, -0.05) is 29.8 Å². The number of hydrogen-bond donors (Lipinski definition) is 1. The standard InChI is InChI=1S/C16H24N2O/c1-3-18(11-13-6-4-5-12(2)9-13)16(19)14-7-8-15(17)10-14/h4-6,9,14-15H,3,7-8,10-11,17H2,1-2H3. The zero-order chi connectivity index (χ0) is 13.8. The molecule has 1 aromatic carbocycles. The van der Waals surface area contributed by atoms with Gasteiger partial charge in [0.1, 0.15) is 0 Å². The maximum Gasteiger partial charge on any atom is 0.226 e. The van der Waals surface area contributed by atoms with E-state index in [0.29, 0.717) is 6.54 Å². The predicted molar refractivity (Wildman–Crippen MR) is 77.6 cm³/mol. The quantitative estimate of drug-likeness (QED) is 0.904. The van der Waals surface area contributed by atoms with Crippen LogP contribution in [0.4, 0.5) is 0 Å². The van der Waals surface area contributed by atoms with E-state index in [1.807, 2.05) is 11.8 Å². The maximum atomic E-state index is 12.5. The minimum Gasteiger partial charge on any atom is -0.338 e. The van der Waals surface area contributed by atoms with E-state index in [4.69, 9.17) is 5.73 Å². The Morgan fingerprint density at radius 2 is 2.21 bits per heavy atom. The van der Waals surface area contributed by atoms with E-state index in [1.54, 1.807) is 0 Å². The molecule has 0 saturated heterocycles. The zero-order valence-electron chi connectivity index (χ0n) is 11.9. The fourth-order valence-corrected chi connectivity index (χ4v) is 2.88. The van der Waals surface area contributed by atoms with Gasteiger partial charge < -0.3 is 10.6 Å². The summed E-state index contributed by atoms with van der Waals surface area (Å²) >= 11 is 0. The molecule has 1 fully saturated rings. The van der Waals surface area contributed by atoms with Gasteiger partial charge in [-0.25, -0.2) is 0 Å². The molecule has 19 heavy (non-hydrogen) atoms. The van der Waals surface area contributed by atoms with E-state index >= 15 is 0 Å². The Morgan fingerprint density at radius 3 is 2.79 bits per heavy atom. The smallest absolute Gasteiger partial charge is 0.226 e. The van der Waals surface area contributed by atoms with E-state index in [2.05, 4.69) is 31.2 Å². The van der Waals surface area contributed by atoms with Gasteiger partial charge in [-0.2, -0.15) is 0 Å². The molecule has 2 atom stereocenters. The van der Waals surface area contributed by atoms with Crippen molar-refractivity contribution >= 4 is 5.91 Å². The number of benzene rings is 1. The Morgan fingerprint density at radius 1 is 1.42 bits per heavy atom. The van der Waals surface area contributed by atoms with E-state index in [-0.39, 0.29) is 17.9 Å². The Hall–Kier alpha value is -1.35. The van der Waals surface area contributed by atoms with E-state index in [0.717, 1.165) is 25.8 Å². The summed E-state index contributed by atoms with van der Waals surface area (Å²) in [6, 6.07) is 8.58. The average molecular weight is 260 g/mol. The summed E-state index contributed by atoms with van der Waals surface area (Å²) in [5, 5.41) is 0. The molecule has 1 aromatic rings. The lowest BCUT2D eigenvalue weighted by Crippen LogP contribution is -2.35. The van der Waals surface area contributed by atoms with Crippen LogP contribution in [0.15, 0.2) is 24.3 Å². The first-order chi connectivity index (χ1) is 9.10. The molecule has 2 rings (SSSR count). The van der Waals surface area contributed by atoms with Gasteiger partial charge in [0.25, 0.3) is 0 Å². The van der Waals surface area contributed by atoms with Crippen LogP contribution in [0, 0.1) is 12.8 Å². The first-order valence-corrected chi connectivity index (χ1v) is 7.20. The molecule has 0 heterocycles. The van der Waals surface area contributed by atoms with Gasteiger partial charge in [-0.15, -0.1) is 0 Å². The summed E-state index contributed by atoms with van der Waals surface area (Å²) in [5.41, 5.74) is 8.35. The summed E-state index contributed by atoms with van der Waals surface area (Å²) in [5.74, 6) is 0.414. The molecule has 0 radical (unpaired) electrons. The van der Waals surface area contributed by atoms with Crippen LogP contribution in [0.25, 0.3) is 0 Å². The van der Waals surface area contributed by atoms with Crippen molar-refractivity contribution in [1.29, 1.82) is 0 Å². The molecule has 0 spiro atoms. The molecule has 2 N–H and O–H groups in total. The molecular formula is C16H24N2O. The van der Waals surface area contributed by atoms with Crippen molar-refractivity contribution in [2.24, 2.45) is 11.7 Å². The van der Waals surface area contributed by atoms with Crippen molar-refractivity contribution in [3.63, 3.8) is 0 Å². The molecule has 0 aromatic heterocycles. The van der Waals surface area contributed by atoms with Crippen molar-refractivity contribution in [1.82, 2.24) is 4.90 Å². The van der Waals surface area contributed by atoms with Crippen LogP contribution in [0.2, 0.25) is 0 Å². The van der Waals surface area contributed by atoms with Gasteiger partial charge in [0.2, 0.25) is 5.91 Å². The van der Waals surface area contributed by atoms with Crippen molar-refractivity contribution in [3.8, 4) is 0 Å². The molecule has 1 aliphatic rings. The number of nitrogens with two attached hydrogens (primary N) is 1. The largest absolute Gasteiger partial charge is 0.338 e. The number of amides is 1. The number of aryl methyl sites for hydroxylation is 1. The molecule has 1 aliphatic carbocycles. The zero-order valence-corrected chi connectivity index (χ0v) is 11.9. The lowest BCUT2D eigenvalue weighted by Gasteiger charge is -2.24. The van der Waals surface area contributed by atoms with Crippen LogP contribution in [0.3, 0.4) is 0 Å². The minimum absolute atomic E-state index is 0.139. The average Bonchev–Trinajstić information content (AvgIpc) is 2.82. The third-order valence-electron chi connectivity index (χ3n) is 3.97. The van der Waals surface area contributed by atoms with Crippen LogP contribution in [-0.4, -0.2) is 23.4 Å². The fraction of sp³-hybridized carbons (Fsp3) is 0.562. The second-order valence-electron chi connectivity index (χ2n) is 5.61. The van der Waals surface area contributed by atoms with Gasteiger partial charge in [0.15, 0.2) is 0 Å². The molecule has 3 nitrogen and oxygen atoms in total. The van der Waals surface area contributed by atoms with Gasteiger partial charge in [0.05, 0.1) is 0 Å². The lowest BCUT2D eigenvalue weighted by molar-refractivity contribution is -0.135. The molecule has 1 amide bonds. The van der Waals surface area contributed by atoms with Crippen molar-refractivity contribution in [2.75, 3.05) is 6.54 Å². The van der Waals surface area contributed by atoms with Crippen LogP contribution in [0.1, 0.15) is 37.3 Å². The van der Waals surface area contributed by atoms with Gasteiger partial charge in [0, 0.05) is 25.0 Å². The van der Waals surface area contributed by atoms with E-state index in [9.17, 15) is 4.79 Å². The van der Waals surface area contributed by atoms with Crippen molar-refractivity contribution < 1.29 is 4.79 Å². The van der Waals surface area contributed by atoms with Crippen LogP contribution >= 0.6 is 0 Å². The highest BCUT2D eigenvalue weighted by molar-refractivity contribution is 5.79. The summed E-state index contributed by atoms with van der Waals surface area (Å²) in [6.07, 6.45) is 2.78. The van der Waals surface area contributed by atoms with Gasteiger partial charge in [-0.05, 0) is 38.7 Å². The van der Waals surface area contributed by atoms with Crippen LogP contribution < -0.4 is 5.73 Å². The second-order valence-corrected chi connectivity index (χ2v) is 5.61. The predicted octanol–water partition coefficient (Wildman–Crippen LogP) is 2.47. The molecule has 104 valence electrons. The third kappa shape index (κ3) is 3.57. The summed E-state index contributed by atoms with van der Waals surface area (Å²) < 4.78 is 0. The highest BCUT2D eigenvalue weighted by atomic mass is 16.2. The summed E-state index contributed by atoms with van der Waals surface area (Å²) in [6.45, 7) is 5.60. The number of nitrogens with zero attached hydrogens (tertiary/aromatic N) is 1. The summed E-state index contributed by atoms with van der Waals surface area (Å²) in [7, 11) is 0. The second kappa shape index (κ2) is 6.20. The number of hydrogen-bond acceptors (Lipinski definition) is 2. The molecule has 0 bridgehead atoms. The van der Waals surface area contributed by atoms with Crippen molar-refractivity contribution in [2.45, 2.75) is 45.7 Å². The van der Waals surface area contributed by atoms with Gasteiger partial charge >= 0.3 is 0 Å². The summed E-state index contributed by atoms with van der Waals surface area (Å²) in [4.78, 5) is 14.4. The molecule has 3 heteroatoms. The number of carbonyl (C=O) groups excluding carboxylic acids is 1. The Kier molecular flexibility index (Phi) is 4.59. The third-order valence-corrected chi connectivity index (χ3v) is 3.97. The fourth-order valence-electron chi connectivity index (χ4n) is 2.88. The minimum atomic E-state index is 0.139. The normalized spacial score (nSPS) is 22.5. The Balaban J connectivity index is 2.01. The van der Waals surface area contributed by atoms with E-state index < -0.39 is 0 Å². The Bertz CT molecular complexity index is 444. The SMILES string of the molecule is CCN(Cc1cccc(C)c1)C(=O)C1CCC(N)C1. The highest BCUT2D eigenvalue weighted by Crippen LogP contribution is 2.26. The topological polar surface area (TPSA) is 46.3 Å². The van der Waals surface area contributed by atoms with Crippen molar-refractivity contribution in [3.05, 3.63) is 35.4 Å². The Labute approximate surface area is 115 Å².